The fourth-order valence-corrected chi connectivity index (χ4v) is 6.32. The third-order valence-electron chi connectivity index (χ3n) is 7.38. The van der Waals surface area contributed by atoms with Gasteiger partial charge in [-0.05, 0) is 83.0 Å². The van der Waals surface area contributed by atoms with Crippen molar-refractivity contribution in [3.63, 3.8) is 0 Å². The van der Waals surface area contributed by atoms with Crippen LogP contribution in [0.5, 0.6) is 0 Å². The first-order valence-corrected chi connectivity index (χ1v) is 14.2. The van der Waals surface area contributed by atoms with Gasteiger partial charge in [0.15, 0.2) is 0 Å². The first-order chi connectivity index (χ1) is 17.7. The van der Waals surface area contributed by atoms with Gasteiger partial charge < -0.3 is 5.32 Å². The predicted octanol–water partition coefficient (Wildman–Crippen LogP) is 3.80. The number of hydrogen-bond donors (Lipinski definition) is 2. The van der Waals surface area contributed by atoms with Gasteiger partial charge in [0.25, 0.3) is 0 Å². The molecule has 1 aromatic heterocycles. The zero-order valence-corrected chi connectivity index (χ0v) is 22.5. The maximum Gasteiger partial charge on any atom is 0.241 e. The van der Waals surface area contributed by atoms with E-state index in [2.05, 4.69) is 40.1 Å². The van der Waals surface area contributed by atoms with Crippen LogP contribution in [-0.4, -0.2) is 50.4 Å². The van der Waals surface area contributed by atoms with Gasteiger partial charge in [-0.15, -0.1) is 0 Å². The molecule has 3 aromatic rings. The Balaban J connectivity index is 1.49. The molecule has 2 aromatic carbocycles. The minimum atomic E-state index is -3.87. The van der Waals surface area contributed by atoms with Crippen molar-refractivity contribution < 1.29 is 13.2 Å². The molecule has 8 heteroatoms. The number of amides is 1. The largest absolute Gasteiger partial charge is 0.352 e. The molecule has 7 nitrogen and oxygen atoms in total. The lowest BCUT2D eigenvalue weighted by Gasteiger charge is -2.44. The summed E-state index contributed by atoms with van der Waals surface area (Å²) < 4.78 is 29.0. The van der Waals surface area contributed by atoms with Gasteiger partial charge in [-0.1, -0.05) is 54.1 Å². The maximum atomic E-state index is 13.5. The molecule has 2 N–H and O–H groups in total. The molecular formula is C29H36N4O3S. The molecule has 196 valence electrons. The van der Waals surface area contributed by atoms with Crippen LogP contribution in [0.15, 0.2) is 83.9 Å². The van der Waals surface area contributed by atoms with Crippen LogP contribution in [0.2, 0.25) is 0 Å². The Bertz CT molecular complexity index is 1270. The second-order valence-corrected chi connectivity index (χ2v) is 11.8. The average molecular weight is 521 g/mol. The molecule has 0 radical (unpaired) electrons. The monoisotopic (exact) mass is 520 g/mol. The summed E-state index contributed by atoms with van der Waals surface area (Å²) in [4.78, 5) is 20.5. The van der Waals surface area contributed by atoms with Crippen LogP contribution in [0, 0.1) is 6.92 Å². The van der Waals surface area contributed by atoms with Gasteiger partial charge in [0.1, 0.15) is 6.04 Å². The number of aromatic nitrogens is 1. The van der Waals surface area contributed by atoms with Gasteiger partial charge in [0, 0.05) is 12.2 Å². The van der Waals surface area contributed by atoms with Crippen molar-refractivity contribution in [3.05, 3.63) is 95.8 Å². The van der Waals surface area contributed by atoms with Crippen LogP contribution in [0.25, 0.3) is 0 Å². The molecule has 1 atom stereocenters. The third kappa shape index (κ3) is 6.44. The van der Waals surface area contributed by atoms with E-state index in [1.54, 1.807) is 24.3 Å². The second-order valence-electron chi connectivity index (χ2n) is 10.1. The molecule has 37 heavy (non-hydrogen) atoms. The first-order valence-electron chi connectivity index (χ1n) is 12.7. The van der Waals surface area contributed by atoms with E-state index < -0.39 is 16.1 Å². The predicted molar refractivity (Wildman–Crippen MR) is 145 cm³/mol. The zero-order valence-electron chi connectivity index (χ0n) is 21.7. The van der Waals surface area contributed by atoms with E-state index in [4.69, 9.17) is 0 Å². The summed E-state index contributed by atoms with van der Waals surface area (Å²) in [6.45, 7) is 1.90. The Morgan fingerprint density at radius 3 is 2.24 bits per heavy atom. The zero-order chi connectivity index (χ0) is 26.5. The molecule has 1 saturated carbocycles. The Morgan fingerprint density at radius 2 is 1.65 bits per heavy atom. The number of carbonyl (C=O) groups is 1. The molecular weight excluding hydrogens is 484 g/mol. The SMILES string of the molecule is Cc1ccc(S(=O)(=O)NC(Cc2ccccc2)C(=O)NC2CCC(c3ccccn3)(N(C)C)CC2)cc1. The molecule has 0 bridgehead atoms. The van der Waals surface area contributed by atoms with Gasteiger partial charge >= 0.3 is 0 Å². The Hall–Kier alpha value is -3.07. The number of rotatable bonds is 9. The van der Waals surface area contributed by atoms with Crippen molar-refractivity contribution in [2.45, 2.75) is 61.5 Å². The summed E-state index contributed by atoms with van der Waals surface area (Å²) in [5.74, 6) is -0.306. The fourth-order valence-electron chi connectivity index (χ4n) is 5.12. The van der Waals surface area contributed by atoms with Crippen LogP contribution in [-0.2, 0) is 26.8 Å². The van der Waals surface area contributed by atoms with Crippen LogP contribution < -0.4 is 10.0 Å². The quantitative estimate of drug-likeness (QED) is 0.448. The van der Waals surface area contributed by atoms with E-state index in [1.807, 2.05) is 55.6 Å². The van der Waals surface area contributed by atoms with E-state index >= 15 is 0 Å². The van der Waals surface area contributed by atoms with Crippen molar-refractivity contribution in [2.75, 3.05) is 14.1 Å². The molecule has 1 unspecified atom stereocenters. The summed E-state index contributed by atoms with van der Waals surface area (Å²) in [6.07, 6.45) is 5.34. The van der Waals surface area contributed by atoms with Crippen LogP contribution in [0.3, 0.4) is 0 Å². The maximum absolute atomic E-state index is 13.5. The third-order valence-corrected chi connectivity index (χ3v) is 8.87. The van der Waals surface area contributed by atoms with Crippen molar-refractivity contribution in [1.29, 1.82) is 0 Å². The molecule has 0 saturated heterocycles. The normalized spacial score (nSPS) is 20.9. The standard InChI is InChI=1S/C29H36N4O3S/c1-22-12-14-25(15-13-22)37(35,36)32-26(21-23-9-5-4-6-10-23)28(34)31-24-16-18-29(19-17-24,33(2)3)27-11-7-8-20-30-27/h4-15,20,24,26,32H,16-19,21H2,1-3H3,(H,31,34). The summed E-state index contributed by atoms with van der Waals surface area (Å²) in [5, 5.41) is 3.15. The highest BCUT2D eigenvalue weighted by Gasteiger charge is 2.40. The number of sulfonamides is 1. The number of benzene rings is 2. The second kappa shape index (κ2) is 11.5. The van der Waals surface area contributed by atoms with Crippen LogP contribution >= 0.6 is 0 Å². The Labute approximate surface area is 220 Å². The highest BCUT2D eigenvalue weighted by molar-refractivity contribution is 7.89. The fraction of sp³-hybridized carbons (Fsp3) is 0.379. The summed E-state index contributed by atoms with van der Waals surface area (Å²) in [6, 6.07) is 21.1. The summed E-state index contributed by atoms with van der Waals surface area (Å²) in [5.41, 5.74) is 2.71. The molecule has 1 aliphatic carbocycles. The lowest BCUT2D eigenvalue weighted by Crippen LogP contribution is -2.53. The highest BCUT2D eigenvalue weighted by atomic mass is 32.2. The van der Waals surface area contributed by atoms with Gasteiger partial charge in [0.2, 0.25) is 15.9 Å². The van der Waals surface area contributed by atoms with Crippen molar-refractivity contribution in [2.24, 2.45) is 0 Å². The minimum Gasteiger partial charge on any atom is -0.352 e. The average Bonchev–Trinajstić information content (AvgIpc) is 2.90. The number of hydrogen-bond acceptors (Lipinski definition) is 5. The van der Waals surface area contributed by atoms with Crippen molar-refractivity contribution in [3.8, 4) is 0 Å². The number of nitrogens with one attached hydrogen (secondary N) is 2. The van der Waals surface area contributed by atoms with E-state index in [9.17, 15) is 13.2 Å². The first kappa shape index (κ1) is 27.0. The van der Waals surface area contributed by atoms with E-state index in [0.717, 1.165) is 42.5 Å². The van der Waals surface area contributed by atoms with Crippen molar-refractivity contribution >= 4 is 15.9 Å². The lowest BCUT2D eigenvalue weighted by molar-refractivity contribution is -0.123. The van der Waals surface area contributed by atoms with Crippen LogP contribution in [0.4, 0.5) is 0 Å². The molecule has 0 spiro atoms. The molecule has 1 aliphatic rings. The summed E-state index contributed by atoms with van der Waals surface area (Å²) >= 11 is 0. The topological polar surface area (TPSA) is 91.4 Å². The number of carbonyl (C=O) groups excluding carboxylic acids is 1. The van der Waals surface area contributed by atoms with E-state index in [1.165, 1.54) is 0 Å². The lowest BCUT2D eigenvalue weighted by atomic mass is 9.76. The minimum absolute atomic E-state index is 0.0357. The molecule has 1 heterocycles. The van der Waals surface area contributed by atoms with Gasteiger partial charge in [-0.25, -0.2) is 8.42 Å². The Kier molecular flexibility index (Phi) is 8.42. The van der Waals surface area contributed by atoms with Gasteiger partial charge in [-0.3, -0.25) is 14.7 Å². The van der Waals surface area contributed by atoms with Gasteiger partial charge in [-0.2, -0.15) is 4.72 Å². The number of pyridine rings is 1. The smallest absolute Gasteiger partial charge is 0.241 e. The number of aryl methyl sites for hydroxylation is 1. The highest BCUT2D eigenvalue weighted by Crippen LogP contribution is 2.40. The molecule has 1 amide bonds. The molecule has 4 rings (SSSR count). The van der Waals surface area contributed by atoms with Crippen molar-refractivity contribution in [1.82, 2.24) is 19.9 Å². The molecule has 0 aliphatic heterocycles. The molecule has 1 fully saturated rings. The van der Waals surface area contributed by atoms with E-state index in [-0.39, 0.29) is 28.8 Å². The van der Waals surface area contributed by atoms with Crippen LogP contribution in [0.1, 0.15) is 42.5 Å². The van der Waals surface area contributed by atoms with Gasteiger partial charge in [0.05, 0.1) is 16.1 Å². The van der Waals surface area contributed by atoms with E-state index in [0.29, 0.717) is 0 Å². The number of nitrogens with zero attached hydrogens (tertiary/aromatic N) is 2. The Morgan fingerprint density at radius 1 is 1.00 bits per heavy atom. The summed E-state index contributed by atoms with van der Waals surface area (Å²) in [7, 11) is 0.272.